The van der Waals surface area contributed by atoms with Crippen molar-refractivity contribution in [3.05, 3.63) is 41.5 Å². The van der Waals surface area contributed by atoms with Crippen molar-refractivity contribution in [2.24, 2.45) is 0 Å². The summed E-state index contributed by atoms with van der Waals surface area (Å²) in [5.74, 6) is 3.12. The summed E-state index contributed by atoms with van der Waals surface area (Å²) in [5.41, 5.74) is 1.31. The van der Waals surface area contributed by atoms with E-state index < -0.39 is 0 Å². The topological polar surface area (TPSA) is 52.0 Å². The lowest BCUT2D eigenvalue weighted by Crippen LogP contribution is -2.21. The third-order valence-corrected chi connectivity index (χ3v) is 3.97. The second-order valence-electron chi connectivity index (χ2n) is 5.42. The molecule has 0 bridgehead atoms. The molecule has 0 saturated carbocycles. The summed E-state index contributed by atoms with van der Waals surface area (Å²) in [6.45, 7) is 2.80. The van der Waals surface area contributed by atoms with Crippen LogP contribution >= 0.6 is 0 Å². The van der Waals surface area contributed by atoms with Crippen molar-refractivity contribution >= 4 is 0 Å². The molecule has 0 aliphatic carbocycles. The molecule has 3 rings (SSSR count). The highest BCUT2D eigenvalue weighted by Crippen LogP contribution is 2.14. The zero-order valence-corrected chi connectivity index (χ0v) is 12.5. The van der Waals surface area contributed by atoms with Crippen molar-refractivity contribution in [3.63, 3.8) is 0 Å². The van der Waals surface area contributed by atoms with Crippen LogP contribution in [0.2, 0.25) is 0 Å². The van der Waals surface area contributed by atoms with Crippen LogP contribution in [0.15, 0.2) is 24.3 Å². The maximum Gasteiger partial charge on any atom is 0.147 e. The van der Waals surface area contributed by atoms with Gasteiger partial charge in [-0.25, -0.2) is 0 Å². The molecular weight excluding hydrogens is 264 g/mol. The number of methoxy groups -OCH3 is 1. The van der Waals surface area contributed by atoms with Crippen LogP contribution < -0.4 is 10.1 Å². The predicted octanol–water partition coefficient (Wildman–Crippen LogP) is 1.96. The van der Waals surface area contributed by atoms with Gasteiger partial charge in [0, 0.05) is 13.0 Å². The molecule has 2 aromatic rings. The number of hydrogen-bond donors (Lipinski definition) is 1. The van der Waals surface area contributed by atoms with Crippen LogP contribution in [0.1, 0.15) is 30.1 Å². The smallest absolute Gasteiger partial charge is 0.147 e. The van der Waals surface area contributed by atoms with Crippen molar-refractivity contribution in [1.29, 1.82) is 0 Å². The average molecular weight is 286 g/mol. The van der Waals surface area contributed by atoms with Crippen LogP contribution in [-0.2, 0) is 25.9 Å². The number of fused-ring (bicyclic) bond motifs is 1. The molecular formula is C16H22N4O. The van der Waals surface area contributed by atoms with Gasteiger partial charge >= 0.3 is 0 Å². The van der Waals surface area contributed by atoms with Gasteiger partial charge in [-0.2, -0.15) is 0 Å². The highest BCUT2D eigenvalue weighted by Gasteiger charge is 2.14. The van der Waals surface area contributed by atoms with E-state index in [-0.39, 0.29) is 0 Å². The minimum absolute atomic E-state index is 0.795. The van der Waals surface area contributed by atoms with Gasteiger partial charge in [0.15, 0.2) is 0 Å². The standard InChI is InChI=1S/C16H22N4O/c1-21-14-7-5-13(6-8-14)9-10-17-12-16-19-18-15-4-2-3-11-20(15)16/h5-8,17H,2-4,9-12H2,1H3. The van der Waals surface area contributed by atoms with E-state index in [0.29, 0.717) is 0 Å². The van der Waals surface area contributed by atoms with E-state index in [0.717, 1.165) is 49.9 Å². The van der Waals surface area contributed by atoms with Gasteiger partial charge in [0.05, 0.1) is 13.7 Å². The first kappa shape index (κ1) is 14.1. The van der Waals surface area contributed by atoms with Crippen molar-refractivity contribution in [3.8, 4) is 5.75 Å². The van der Waals surface area contributed by atoms with Crippen molar-refractivity contribution in [2.75, 3.05) is 13.7 Å². The van der Waals surface area contributed by atoms with Crippen LogP contribution in [0.4, 0.5) is 0 Å². The SMILES string of the molecule is COc1ccc(CCNCc2nnc3n2CCCC3)cc1. The Hall–Kier alpha value is -1.88. The van der Waals surface area contributed by atoms with E-state index in [1.807, 2.05) is 12.1 Å². The Kier molecular flexibility index (Phi) is 4.50. The molecule has 0 fully saturated rings. The molecule has 1 N–H and O–H groups in total. The van der Waals surface area contributed by atoms with Crippen LogP contribution in [0.25, 0.3) is 0 Å². The summed E-state index contributed by atoms with van der Waals surface area (Å²) in [6.07, 6.45) is 4.55. The number of ether oxygens (including phenoxy) is 1. The van der Waals surface area contributed by atoms with Crippen LogP contribution in [0, 0.1) is 0 Å². The van der Waals surface area contributed by atoms with Gasteiger partial charge in [0.1, 0.15) is 17.4 Å². The Morgan fingerprint density at radius 1 is 1.19 bits per heavy atom. The first-order valence-corrected chi connectivity index (χ1v) is 7.61. The second kappa shape index (κ2) is 6.72. The maximum absolute atomic E-state index is 5.16. The van der Waals surface area contributed by atoms with E-state index in [1.165, 1.54) is 18.4 Å². The van der Waals surface area contributed by atoms with Crippen molar-refractivity contribution in [2.45, 2.75) is 38.8 Å². The summed E-state index contributed by atoms with van der Waals surface area (Å²) >= 11 is 0. The lowest BCUT2D eigenvalue weighted by Gasteiger charge is -2.14. The average Bonchev–Trinajstić information content (AvgIpc) is 2.95. The quantitative estimate of drug-likeness (QED) is 0.825. The molecule has 0 atom stereocenters. The minimum Gasteiger partial charge on any atom is -0.497 e. The molecule has 0 amide bonds. The third kappa shape index (κ3) is 3.42. The second-order valence-corrected chi connectivity index (χ2v) is 5.42. The fraction of sp³-hybridized carbons (Fsp3) is 0.500. The van der Waals surface area contributed by atoms with E-state index in [1.54, 1.807) is 7.11 Å². The van der Waals surface area contributed by atoms with Gasteiger partial charge in [-0.05, 0) is 43.5 Å². The van der Waals surface area contributed by atoms with E-state index in [9.17, 15) is 0 Å². The van der Waals surface area contributed by atoms with Gasteiger partial charge in [-0.15, -0.1) is 10.2 Å². The van der Waals surface area contributed by atoms with E-state index >= 15 is 0 Å². The lowest BCUT2D eigenvalue weighted by molar-refractivity contribution is 0.414. The summed E-state index contributed by atoms with van der Waals surface area (Å²) in [5, 5.41) is 12.0. The van der Waals surface area contributed by atoms with E-state index in [2.05, 4.69) is 32.2 Å². The van der Waals surface area contributed by atoms with Gasteiger partial charge in [-0.1, -0.05) is 12.1 Å². The molecule has 112 valence electrons. The predicted molar refractivity (Wildman–Crippen MR) is 81.4 cm³/mol. The van der Waals surface area contributed by atoms with Crippen LogP contribution in [-0.4, -0.2) is 28.4 Å². The number of benzene rings is 1. The van der Waals surface area contributed by atoms with Gasteiger partial charge in [0.2, 0.25) is 0 Å². The minimum atomic E-state index is 0.795. The highest BCUT2D eigenvalue weighted by molar-refractivity contribution is 5.27. The molecule has 21 heavy (non-hydrogen) atoms. The zero-order chi connectivity index (χ0) is 14.5. The number of aryl methyl sites for hydroxylation is 1. The van der Waals surface area contributed by atoms with Gasteiger partial charge in [0.25, 0.3) is 0 Å². The lowest BCUT2D eigenvalue weighted by atomic mass is 10.1. The molecule has 0 spiro atoms. The molecule has 0 unspecified atom stereocenters. The Balaban J connectivity index is 1.46. The molecule has 0 radical (unpaired) electrons. The zero-order valence-electron chi connectivity index (χ0n) is 12.5. The van der Waals surface area contributed by atoms with E-state index in [4.69, 9.17) is 4.74 Å². The summed E-state index contributed by atoms with van der Waals surface area (Å²) in [4.78, 5) is 0. The molecule has 5 nitrogen and oxygen atoms in total. The summed E-state index contributed by atoms with van der Waals surface area (Å²) in [6, 6.07) is 8.23. The van der Waals surface area contributed by atoms with Crippen molar-refractivity contribution in [1.82, 2.24) is 20.1 Å². The fourth-order valence-corrected chi connectivity index (χ4v) is 2.72. The highest BCUT2D eigenvalue weighted by atomic mass is 16.5. The van der Waals surface area contributed by atoms with Crippen LogP contribution in [0.3, 0.4) is 0 Å². The summed E-state index contributed by atoms with van der Waals surface area (Å²) in [7, 11) is 1.69. The maximum atomic E-state index is 5.16. The largest absolute Gasteiger partial charge is 0.497 e. The van der Waals surface area contributed by atoms with Crippen molar-refractivity contribution < 1.29 is 4.74 Å². The Morgan fingerprint density at radius 2 is 2.05 bits per heavy atom. The number of nitrogens with zero attached hydrogens (tertiary/aromatic N) is 3. The van der Waals surface area contributed by atoms with Gasteiger partial charge in [-0.3, -0.25) is 0 Å². The molecule has 1 aromatic heterocycles. The first-order chi connectivity index (χ1) is 10.4. The Morgan fingerprint density at radius 3 is 2.86 bits per heavy atom. The molecule has 1 aliphatic heterocycles. The Labute approximate surface area is 125 Å². The normalized spacial score (nSPS) is 14.0. The first-order valence-electron chi connectivity index (χ1n) is 7.61. The summed E-state index contributed by atoms with van der Waals surface area (Å²) < 4.78 is 7.43. The molecule has 1 aliphatic rings. The molecule has 0 saturated heterocycles. The monoisotopic (exact) mass is 286 g/mol. The number of aromatic nitrogens is 3. The Bertz CT molecular complexity index is 576. The number of hydrogen-bond acceptors (Lipinski definition) is 4. The van der Waals surface area contributed by atoms with Crippen LogP contribution in [0.5, 0.6) is 5.75 Å². The molecule has 2 heterocycles. The molecule has 1 aromatic carbocycles. The number of rotatable bonds is 6. The third-order valence-electron chi connectivity index (χ3n) is 3.97. The van der Waals surface area contributed by atoms with Gasteiger partial charge < -0.3 is 14.6 Å². The molecule has 5 heteroatoms. The fourth-order valence-electron chi connectivity index (χ4n) is 2.72. The number of nitrogens with one attached hydrogen (secondary N) is 1.